The molecule has 0 saturated carbocycles. The highest BCUT2D eigenvalue weighted by Crippen LogP contribution is 2.21. The first kappa shape index (κ1) is 11.1. The molecular weight excluding hydrogens is 204 g/mol. The van der Waals surface area contributed by atoms with Crippen LogP contribution in [0.1, 0.15) is 24.5 Å². The average Bonchev–Trinajstić information content (AvgIpc) is 2.95. The number of amides is 1. The largest absolute Gasteiger partial charge is 0.359 e. The predicted molar refractivity (Wildman–Crippen MR) is 61.1 cm³/mol. The van der Waals surface area contributed by atoms with E-state index in [0.717, 1.165) is 19.5 Å². The van der Waals surface area contributed by atoms with Crippen LogP contribution in [0.15, 0.2) is 12.5 Å². The second-order valence-electron chi connectivity index (χ2n) is 4.12. The van der Waals surface area contributed by atoms with Gasteiger partial charge in [-0.25, -0.2) is 4.98 Å². The van der Waals surface area contributed by atoms with Gasteiger partial charge in [-0.3, -0.25) is 4.79 Å². The van der Waals surface area contributed by atoms with Crippen molar-refractivity contribution in [1.29, 1.82) is 0 Å². The van der Waals surface area contributed by atoms with E-state index in [0.29, 0.717) is 18.9 Å². The summed E-state index contributed by atoms with van der Waals surface area (Å²) in [5.41, 5.74) is 1.24. The number of nitrogens with zero attached hydrogens (tertiary/aromatic N) is 2. The Labute approximate surface area is 95.2 Å². The third-order valence-electron chi connectivity index (χ3n) is 3.08. The Balaban J connectivity index is 1.98. The van der Waals surface area contributed by atoms with Crippen LogP contribution in [0.4, 0.5) is 0 Å². The summed E-state index contributed by atoms with van der Waals surface area (Å²) in [6, 6.07) is 0. The molecule has 2 N–H and O–H groups in total. The molecule has 16 heavy (non-hydrogen) atoms. The fourth-order valence-electron chi connectivity index (χ4n) is 2.11. The minimum Gasteiger partial charge on any atom is -0.359 e. The molecule has 0 spiro atoms. The first-order valence-electron chi connectivity index (χ1n) is 5.72. The second-order valence-corrected chi connectivity index (χ2v) is 4.12. The fourth-order valence-corrected chi connectivity index (χ4v) is 2.11. The van der Waals surface area contributed by atoms with E-state index in [1.807, 2.05) is 12.5 Å². The molecule has 2 heterocycles. The van der Waals surface area contributed by atoms with Crippen LogP contribution in [-0.2, 0) is 11.3 Å². The maximum atomic E-state index is 11.2. The lowest BCUT2D eigenvalue weighted by Gasteiger charge is -2.12. The molecule has 5 heteroatoms. The van der Waals surface area contributed by atoms with Gasteiger partial charge in [0, 0.05) is 44.4 Å². The van der Waals surface area contributed by atoms with Crippen molar-refractivity contribution in [1.82, 2.24) is 20.2 Å². The molecule has 0 bridgehead atoms. The van der Waals surface area contributed by atoms with Gasteiger partial charge in [-0.1, -0.05) is 0 Å². The van der Waals surface area contributed by atoms with Crippen LogP contribution in [0.3, 0.4) is 0 Å². The number of imidazole rings is 1. The Morgan fingerprint density at radius 1 is 1.75 bits per heavy atom. The zero-order valence-electron chi connectivity index (χ0n) is 9.57. The Hall–Kier alpha value is -1.36. The molecule has 88 valence electrons. The van der Waals surface area contributed by atoms with Crippen LogP contribution in [-0.4, -0.2) is 35.6 Å². The topological polar surface area (TPSA) is 59.0 Å². The maximum absolute atomic E-state index is 11.2. The van der Waals surface area contributed by atoms with Gasteiger partial charge in [0.1, 0.15) is 0 Å². The molecule has 1 aliphatic heterocycles. The molecule has 1 aliphatic rings. The van der Waals surface area contributed by atoms with Crippen molar-refractivity contribution in [3.8, 4) is 0 Å². The monoisotopic (exact) mass is 222 g/mol. The molecule has 1 aromatic heterocycles. The Bertz CT molecular complexity index is 355. The second kappa shape index (κ2) is 5.12. The van der Waals surface area contributed by atoms with Crippen molar-refractivity contribution >= 4 is 5.91 Å². The van der Waals surface area contributed by atoms with Crippen molar-refractivity contribution in [3.63, 3.8) is 0 Å². The van der Waals surface area contributed by atoms with Crippen LogP contribution in [0.25, 0.3) is 0 Å². The van der Waals surface area contributed by atoms with Gasteiger partial charge in [-0.05, 0) is 13.0 Å². The average molecular weight is 222 g/mol. The third-order valence-corrected chi connectivity index (χ3v) is 3.08. The van der Waals surface area contributed by atoms with Crippen molar-refractivity contribution < 1.29 is 4.79 Å². The normalized spacial score (nSPS) is 19.9. The van der Waals surface area contributed by atoms with Gasteiger partial charge < -0.3 is 15.2 Å². The van der Waals surface area contributed by atoms with E-state index in [9.17, 15) is 4.79 Å². The van der Waals surface area contributed by atoms with Crippen molar-refractivity contribution in [2.75, 3.05) is 20.1 Å². The summed E-state index contributed by atoms with van der Waals surface area (Å²) in [4.78, 5) is 15.4. The molecule has 1 aromatic rings. The van der Waals surface area contributed by atoms with Gasteiger partial charge in [0.2, 0.25) is 5.91 Å². The molecule has 0 aromatic carbocycles. The summed E-state index contributed by atoms with van der Waals surface area (Å²) >= 11 is 0. The SMILES string of the molecule is CNC(=O)CCn1cncc1C1CCNC1. The number of rotatable bonds is 4. The molecule has 1 atom stereocenters. The lowest BCUT2D eigenvalue weighted by Crippen LogP contribution is -2.20. The minimum absolute atomic E-state index is 0.0733. The summed E-state index contributed by atoms with van der Waals surface area (Å²) in [5, 5.41) is 5.97. The van der Waals surface area contributed by atoms with Gasteiger partial charge in [0.05, 0.1) is 6.33 Å². The first-order chi connectivity index (χ1) is 7.81. The highest BCUT2D eigenvalue weighted by molar-refractivity contribution is 5.75. The van der Waals surface area contributed by atoms with Crippen LogP contribution in [0, 0.1) is 0 Å². The molecule has 0 aliphatic carbocycles. The minimum atomic E-state index is 0.0733. The fraction of sp³-hybridized carbons (Fsp3) is 0.636. The van der Waals surface area contributed by atoms with Crippen LogP contribution >= 0.6 is 0 Å². The maximum Gasteiger partial charge on any atom is 0.221 e. The highest BCUT2D eigenvalue weighted by atomic mass is 16.1. The molecule has 1 amide bonds. The number of nitrogens with one attached hydrogen (secondary N) is 2. The zero-order valence-corrected chi connectivity index (χ0v) is 9.57. The van der Waals surface area contributed by atoms with E-state index in [4.69, 9.17) is 0 Å². The van der Waals surface area contributed by atoms with E-state index in [1.54, 1.807) is 7.05 Å². The molecule has 0 radical (unpaired) electrons. The van der Waals surface area contributed by atoms with Gasteiger partial charge in [-0.15, -0.1) is 0 Å². The summed E-state index contributed by atoms with van der Waals surface area (Å²) in [6.07, 6.45) is 5.41. The van der Waals surface area contributed by atoms with Gasteiger partial charge in [-0.2, -0.15) is 0 Å². The van der Waals surface area contributed by atoms with Gasteiger partial charge >= 0.3 is 0 Å². The van der Waals surface area contributed by atoms with Gasteiger partial charge in [0.25, 0.3) is 0 Å². The Morgan fingerprint density at radius 2 is 2.62 bits per heavy atom. The number of aromatic nitrogens is 2. The molecule has 5 nitrogen and oxygen atoms in total. The smallest absolute Gasteiger partial charge is 0.221 e. The first-order valence-corrected chi connectivity index (χ1v) is 5.72. The zero-order chi connectivity index (χ0) is 11.4. The molecule has 1 saturated heterocycles. The van der Waals surface area contributed by atoms with E-state index in [-0.39, 0.29) is 5.91 Å². The molecule has 1 fully saturated rings. The summed E-state index contributed by atoms with van der Waals surface area (Å²) in [5.74, 6) is 0.622. The summed E-state index contributed by atoms with van der Waals surface area (Å²) < 4.78 is 2.09. The molecule has 2 rings (SSSR count). The van der Waals surface area contributed by atoms with E-state index in [2.05, 4.69) is 20.2 Å². The van der Waals surface area contributed by atoms with E-state index < -0.39 is 0 Å². The lowest BCUT2D eigenvalue weighted by atomic mass is 10.1. The predicted octanol–water partition coefficient (Wildman–Crippen LogP) is 0.0961. The third kappa shape index (κ3) is 2.41. The molecule has 1 unspecified atom stereocenters. The van der Waals surface area contributed by atoms with Gasteiger partial charge in [0.15, 0.2) is 0 Å². The van der Waals surface area contributed by atoms with E-state index >= 15 is 0 Å². The highest BCUT2D eigenvalue weighted by Gasteiger charge is 2.20. The summed E-state index contributed by atoms with van der Waals surface area (Å²) in [6.45, 7) is 2.81. The Morgan fingerprint density at radius 3 is 3.31 bits per heavy atom. The van der Waals surface area contributed by atoms with Crippen molar-refractivity contribution in [2.45, 2.75) is 25.3 Å². The number of carbonyl (C=O) groups is 1. The molecular formula is C11H18N4O. The number of hydrogen-bond donors (Lipinski definition) is 2. The quantitative estimate of drug-likeness (QED) is 0.759. The number of aryl methyl sites for hydroxylation is 1. The van der Waals surface area contributed by atoms with Crippen molar-refractivity contribution in [3.05, 3.63) is 18.2 Å². The number of carbonyl (C=O) groups excluding carboxylic acids is 1. The number of hydrogen-bond acceptors (Lipinski definition) is 3. The Kier molecular flexibility index (Phi) is 3.56. The van der Waals surface area contributed by atoms with Crippen LogP contribution in [0.2, 0.25) is 0 Å². The van der Waals surface area contributed by atoms with Crippen molar-refractivity contribution in [2.24, 2.45) is 0 Å². The summed E-state index contributed by atoms with van der Waals surface area (Å²) in [7, 11) is 1.66. The van der Waals surface area contributed by atoms with Crippen LogP contribution in [0.5, 0.6) is 0 Å². The lowest BCUT2D eigenvalue weighted by molar-refractivity contribution is -0.120. The standard InChI is InChI=1S/C11H18N4O/c1-12-11(16)3-5-15-8-14-7-10(15)9-2-4-13-6-9/h7-9,13H,2-6H2,1H3,(H,12,16). The van der Waals surface area contributed by atoms with E-state index in [1.165, 1.54) is 5.69 Å². The van der Waals surface area contributed by atoms with Crippen LogP contribution < -0.4 is 10.6 Å².